The molecule has 1 saturated heterocycles. The van der Waals surface area contributed by atoms with Crippen LogP contribution in [-0.2, 0) is 4.79 Å². The quantitative estimate of drug-likeness (QED) is 0.241. The Hall–Kier alpha value is -1.58. The average Bonchev–Trinajstić information content (AvgIpc) is 2.65. The summed E-state index contributed by atoms with van der Waals surface area (Å²) in [5, 5.41) is 9.75. The number of aliphatic imine (C=N–C) groups is 1. The summed E-state index contributed by atoms with van der Waals surface area (Å²) in [4.78, 5) is 23.2. The highest BCUT2D eigenvalue weighted by Gasteiger charge is 2.21. The fourth-order valence-corrected chi connectivity index (χ4v) is 2.91. The summed E-state index contributed by atoms with van der Waals surface area (Å²) in [5.41, 5.74) is -0.367. The van der Waals surface area contributed by atoms with Gasteiger partial charge in [0.05, 0.1) is 6.54 Å². The van der Waals surface area contributed by atoms with Crippen LogP contribution in [0.4, 0.5) is 5.82 Å². The van der Waals surface area contributed by atoms with Crippen LogP contribution >= 0.6 is 24.0 Å². The van der Waals surface area contributed by atoms with E-state index in [0.29, 0.717) is 19.1 Å². The number of halogens is 1. The van der Waals surface area contributed by atoms with Crippen molar-refractivity contribution >= 4 is 41.7 Å². The summed E-state index contributed by atoms with van der Waals surface area (Å²) < 4.78 is 0. The SMILES string of the molecule is CCNC(=NCCNC(=O)C(C)(C)C)NC1CCN(c2ccccn2)CC1.I. The number of nitrogens with one attached hydrogen (secondary N) is 3. The molecule has 28 heavy (non-hydrogen) atoms. The third kappa shape index (κ3) is 8.20. The number of rotatable bonds is 6. The summed E-state index contributed by atoms with van der Waals surface area (Å²) in [6, 6.07) is 6.43. The zero-order valence-electron chi connectivity index (χ0n) is 17.5. The van der Waals surface area contributed by atoms with Crippen LogP contribution in [0.15, 0.2) is 29.4 Å². The van der Waals surface area contributed by atoms with Crippen molar-refractivity contribution in [3.8, 4) is 0 Å². The van der Waals surface area contributed by atoms with Gasteiger partial charge in [-0.2, -0.15) is 0 Å². The zero-order valence-corrected chi connectivity index (χ0v) is 19.8. The maximum Gasteiger partial charge on any atom is 0.225 e. The predicted molar refractivity (Wildman–Crippen MR) is 126 cm³/mol. The van der Waals surface area contributed by atoms with Crippen LogP contribution in [0.25, 0.3) is 0 Å². The number of hydrogen-bond donors (Lipinski definition) is 3. The van der Waals surface area contributed by atoms with Crippen molar-refractivity contribution in [3.05, 3.63) is 24.4 Å². The smallest absolute Gasteiger partial charge is 0.225 e. The molecule has 1 aromatic rings. The molecule has 1 aliphatic heterocycles. The first-order valence-corrected chi connectivity index (χ1v) is 9.89. The standard InChI is InChI=1S/C20H34N6O.HI/c1-5-21-19(24-13-12-23-18(27)20(2,3)4)25-16-9-14-26(15-10-16)17-8-6-7-11-22-17;/h6-8,11,16H,5,9-10,12-15H2,1-4H3,(H,23,27)(H2,21,24,25);1H. The number of anilines is 1. The summed E-state index contributed by atoms with van der Waals surface area (Å²) in [7, 11) is 0. The topological polar surface area (TPSA) is 81.6 Å². The minimum absolute atomic E-state index is 0. The molecule has 2 rings (SSSR count). The van der Waals surface area contributed by atoms with Crippen LogP contribution in [0, 0.1) is 5.41 Å². The normalized spacial score (nSPS) is 15.6. The highest BCUT2D eigenvalue weighted by atomic mass is 127. The molecule has 0 spiro atoms. The van der Waals surface area contributed by atoms with Gasteiger partial charge in [0.25, 0.3) is 0 Å². The number of guanidine groups is 1. The summed E-state index contributed by atoms with van der Waals surface area (Å²) in [6.07, 6.45) is 3.93. The number of hydrogen-bond acceptors (Lipinski definition) is 4. The Kier molecular flexibility index (Phi) is 10.6. The maximum atomic E-state index is 11.9. The van der Waals surface area contributed by atoms with E-state index in [1.54, 1.807) is 0 Å². The minimum Gasteiger partial charge on any atom is -0.357 e. The first-order valence-electron chi connectivity index (χ1n) is 9.89. The lowest BCUT2D eigenvalue weighted by atomic mass is 9.96. The number of carbonyl (C=O) groups is 1. The lowest BCUT2D eigenvalue weighted by Gasteiger charge is -2.33. The number of carbonyl (C=O) groups excluding carboxylic acids is 1. The van der Waals surface area contributed by atoms with Crippen LogP contribution in [-0.4, -0.2) is 55.6 Å². The molecule has 0 unspecified atom stereocenters. The number of pyridine rings is 1. The number of aromatic nitrogens is 1. The fraction of sp³-hybridized carbons (Fsp3) is 0.650. The van der Waals surface area contributed by atoms with Gasteiger partial charge in [0.1, 0.15) is 5.82 Å². The van der Waals surface area contributed by atoms with Gasteiger partial charge in [0, 0.05) is 43.8 Å². The number of piperidine rings is 1. The summed E-state index contributed by atoms with van der Waals surface area (Å²) >= 11 is 0. The van der Waals surface area contributed by atoms with Crippen LogP contribution in [0.2, 0.25) is 0 Å². The lowest BCUT2D eigenvalue weighted by Crippen LogP contribution is -2.49. The predicted octanol–water partition coefficient (Wildman–Crippen LogP) is 2.39. The third-order valence-corrected chi connectivity index (χ3v) is 4.50. The van der Waals surface area contributed by atoms with Crippen molar-refractivity contribution in [2.24, 2.45) is 10.4 Å². The molecule has 0 bridgehead atoms. The molecule has 1 aliphatic rings. The van der Waals surface area contributed by atoms with Gasteiger partial charge in [-0.25, -0.2) is 4.98 Å². The Labute approximate surface area is 186 Å². The van der Waals surface area contributed by atoms with Gasteiger partial charge >= 0.3 is 0 Å². The van der Waals surface area contributed by atoms with E-state index in [4.69, 9.17) is 0 Å². The molecular formula is C20H35IN6O. The van der Waals surface area contributed by atoms with Gasteiger partial charge < -0.3 is 20.9 Å². The number of nitrogens with zero attached hydrogens (tertiary/aromatic N) is 3. The van der Waals surface area contributed by atoms with Crippen molar-refractivity contribution in [1.29, 1.82) is 0 Å². The molecule has 8 heteroatoms. The van der Waals surface area contributed by atoms with Crippen LogP contribution in [0.1, 0.15) is 40.5 Å². The van der Waals surface area contributed by atoms with Crippen molar-refractivity contribution < 1.29 is 4.79 Å². The first-order chi connectivity index (χ1) is 12.9. The average molecular weight is 502 g/mol. The van der Waals surface area contributed by atoms with Crippen LogP contribution in [0.5, 0.6) is 0 Å². The van der Waals surface area contributed by atoms with Gasteiger partial charge in [-0.3, -0.25) is 9.79 Å². The lowest BCUT2D eigenvalue weighted by molar-refractivity contribution is -0.128. The highest BCUT2D eigenvalue weighted by Crippen LogP contribution is 2.17. The molecule has 0 aromatic carbocycles. The van der Waals surface area contributed by atoms with E-state index in [-0.39, 0.29) is 35.3 Å². The molecule has 3 N–H and O–H groups in total. The monoisotopic (exact) mass is 502 g/mol. The second-order valence-corrected chi connectivity index (χ2v) is 7.86. The third-order valence-electron chi connectivity index (χ3n) is 4.50. The first kappa shape index (κ1) is 24.5. The van der Waals surface area contributed by atoms with Crippen LogP contribution < -0.4 is 20.9 Å². The van der Waals surface area contributed by atoms with Crippen molar-refractivity contribution in [2.75, 3.05) is 37.6 Å². The minimum atomic E-state index is -0.367. The second kappa shape index (κ2) is 12.1. The molecule has 2 heterocycles. The van der Waals surface area contributed by atoms with Crippen molar-refractivity contribution in [2.45, 2.75) is 46.6 Å². The molecule has 1 aromatic heterocycles. The second-order valence-electron chi connectivity index (χ2n) is 7.86. The van der Waals surface area contributed by atoms with Gasteiger partial charge in [0.2, 0.25) is 5.91 Å². The Morgan fingerprint density at radius 1 is 1.25 bits per heavy atom. The van der Waals surface area contributed by atoms with Crippen molar-refractivity contribution in [3.63, 3.8) is 0 Å². The molecule has 1 amide bonds. The van der Waals surface area contributed by atoms with E-state index in [0.717, 1.165) is 44.3 Å². The molecule has 0 aliphatic carbocycles. The van der Waals surface area contributed by atoms with Crippen molar-refractivity contribution in [1.82, 2.24) is 20.9 Å². The molecule has 0 radical (unpaired) electrons. The van der Waals surface area contributed by atoms with E-state index in [1.807, 2.05) is 39.1 Å². The van der Waals surface area contributed by atoms with Gasteiger partial charge in [-0.1, -0.05) is 26.8 Å². The Morgan fingerprint density at radius 2 is 1.96 bits per heavy atom. The van der Waals surface area contributed by atoms with E-state index in [9.17, 15) is 4.79 Å². The summed E-state index contributed by atoms with van der Waals surface area (Å²) in [5.74, 6) is 1.92. The Balaban J connectivity index is 0.00000392. The van der Waals surface area contributed by atoms with Gasteiger partial charge in [-0.15, -0.1) is 24.0 Å². The highest BCUT2D eigenvalue weighted by molar-refractivity contribution is 14.0. The van der Waals surface area contributed by atoms with E-state index in [1.165, 1.54) is 0 Å². The molecule has 1 fully saturated rings. The largest absolute Gasteiger partial charge is 0.357 e. The van der Waals surface area contributed by atoms with Crippen LogP contribution in [0.3, 0.4) is 0 Å². The molecule has 158 valence electrons. The molecule has 0 atom stereocenters. The molecule has 0 saturated carbocycles. The summed E-state index contributed by atoms with van der Waals surface area (Å²) in [6.45, 7) is 11.7. The molecule has 7 nitrogen and oxygen atoms in total. The molecular weight excluding hydrogens is 467 g/mol. The van der Waals surface area contributed by atoms with E-state index < -0.39 is 0 Å². The van der Waals surface area contributed by atoms with E-state index in [2.05, 4.69) is 43.8 Å². The fourth-order valence-electron chi connectivity index (χ4n) is 2.91. The Morgan fingerprint density at radius 3 is 2.54 bits per heavy atom. The maximum absolute atomic E-state index is 11.9. The van der Waals surface area contributed by atoms with Gasteiger partial charge in [-0.05, 0) is 31.9 Å². The van der Waals surface area contributed by atoms with Gasteiger partial charge in [0.15, 0.2) is 5.96 Å². The van der Waals surface area contributed by atoms with E-state index >= 15 is 0 Å². The number of amides is 1. The Bertz CT molecular complexity index is 609. The zero-order chi connectivity index (χ0) is 19.7.